The molecule has 6 heteroatoms. The van der Waals surface area contributed by atoms with Crippen molar-refractivity contribution in [2.45, 2.75) is 44.5 Å². The van der Waals surface area contributed by atoms with Gasteiger partial charge in [-0.15, -0.1) is 0 Å². The van der Waals surface area contributed by atoms with Crippen molar-refractivity contribution in [1.82, 2.24) is 5.32 Å². The molecular formula is C15H21F4NO. The number of nitrogens with one attached hydrogen (secondary N) is 1. The van der Waals surface area contributed by atoms with Crippen LogP contribution >= 0.6 is 0 Å². The van der Waals surface area contributed by atoms with Gasteiger partial charge >= 0.3 is 6.18 Å². The van der Waals surface area contributed by atoms with E-state index in [1.165, 1.54) is 0 Å². The first kappa shape index (κ1) is 17.9. The van der Waals surface area contributed by atoms with Gasteiger partial charge in [0.15, 0.2) is 0 Å². The lowest BCUT2D eigenvalue weighted by atomic mass is 9.93. The standard InChI is InChI=1S/C15H21F4NO/c1-14(2,21-4)8-7-13(20-3)11-9-10(15(17,18)19)5-6-12(11)16/h5-6,9,13,20H,7-8H2,1-4H3. The summed E-state index contributed by atoms with van der Waals surface area (Å²) in [6.07, 6.45) is -3.42. The van der Waals surface area contributed by atoms with Gasteiger partial charge in [-0.25, -0.2) is 4.39 Å². The molecule has 21 heavy (non-hydrogen) atoms. The normalized spacial score (nSPS) is 14.3. The van der Waals surface area contributed by atoms with E-state index in [-0.39, 0.29) is 5.56 Å². The van der Waals surface area contributed by atoms with Gasteiger partial charge in [-0.05, 0) is 51.9 Å². The Morgan fingerprint density at radius 1 is 1.24 bits per heavy atom. The molecule has 0 saturated heterocycles. The molecule has 0 radical (unpaired) electrons. The number of ether oxygens (including phenoxy) is 1. The van der Waals surface area contributed by atoms with Gasteiger partial charge in [0, 0.05) is 18.7 Å². The molecule has 1 atom stereocenters. The number of benzene rings is 1. The first-order valence-corrected chi connectivity index (χ1v) is 6.70. The summed E-state index contributed by atoms with van der Waals surface area (Å²) in [5.41, 5.74) is -1.22. The van der Waals surface area contributed by atoms with Crippen molar-refractivity contribution >= 4 is 0 Å². The van der Waals surface area contributed by atoms with Gasteiger partial charge < -0.3 is 10.1 Å². The zero-order valence-corrected chi connectivity index (χ0v) is 12.6. The van der Waals surface area contributed by atoms with E-state index in [4.69, 9.17) is 4.74 Å². The summed E-state index contributed by atoms with van der Waals surface area (Å²) in [7, 11) is 3.17. The maximum atomic E-state index is 13.9. The van der Waals surface area contributed by atoms with Gasteiger partial charge in [0.1, 0.15) is 5.82 Å². The Morgan fingerprint density at radius 2 is 1.86 bits per heavy atom. The lowest BCUT2D eigenvalue weighted by Gasteiger charge is -2.26. The Labute approximate surface area is 122 Å². The zero-order valence-electron chi connectivity index (χ0n) is 12.6. The molecule has 120 valence electrons. The molecule has 2 nitrogen and oxygen atoms in total. The van der Waals surface area contributed by atoms with Crippen LogP contribution in [-0.2, 0) is 10.9 Å². The van der Waals surface area contributed by atoms with Crippen LogP contribution in [0.4, 0.5) is 17.6 Å². The van der Waals surface area contributed by atoms with Crippen molar-refractivity contribution < 1.29 is 22.3 Å². The first-order valence-electron chi connectivity index (χ1n) is 6.70. The highest BCUT2D eigenvalue weighted by atomic mass is 19.4. The average Bonchev–Trinajstić information content (AvgIpc) is 2.40. The number of methoxy groups -OCH3 is 1. The fourth-order valence-corrected chi connectivity index (χ4v) is 2.04. The molecule has 0 fully saturated rings. The third kappa shape index (κ3) is 4.97. The second-order valence-electron chi connectivity index (χ2n) is 5.58. The molecule has 0 bridgehead atoms. The largest absolute Gasteiger partial charge is 0.416 e. The fourth-order valence-electron chi connectivity index (χ4n) is 2.04. The molecule has 0 aliphatic rings. The smallest absolute Gasteiger partial charge is 0.379 e. The Hall–Kier alpha value is -1.14. The van der Waals surface area contributed by atoms with Gasteiger partial charge in [-0.2, -0.15) is 13.2 Å². The Bertz CT molecular complexity index is 471. The summed E-state index contributed by atoms with van der Waals surface area (Å²) in [5.74, 6) is -0.641. The minimum Gasteiger partial charge on any atom is -0.379 e. The van der Waals surface area contributed by atoms with E-state index in [1.807, 2.05) is 13.8 Å². The number of halogens is 4. The number of rotatable bonds is 6. The minimum absolute atomic E-state index is 0.0271. The summed E-state index contributed by atoms with van der Waals surface area (Å²) in [6, 6.07) is 1.99. The highest BCUT2D eigenvalue weighted by Gasteiger charge is 2.32. The van der Waals surface area contributed by atoms with Crippen LogP contribution in [0.3, 0.4) is 0 Å². The Kier molecular flexibility index (Phi) is 5.75. The van der Waals surface area contributed by atoms with E-state index in [2.05, 4.69) is 5.32 Å². The molecule has 1 N–H and O–H groups in total. The van der Waals surface area contributed by atoms with Crippen LogP contribution in [0.25, 0.3) is 0 Å². The van der Waals surface area contributed by atoms with Gasteiger partial charge in [0.2, 0.25) is 0 Å². The maximum Gasteiger partial charge on any atom is 0.416 e. The second-order valence-corrected chi connectivity index (χ2v) is 5.58. The molecule has 0 saturated carbocycles. The van der Waals surface area contributed by atoms with E-state index in [9.17, 15) is 17.6 Å². The summed E-state index contributed by atoms with van der Waals surface area (Å²) < 4.78 is 57.3. The molecule has 0 heterocycles. The molecular weight excluding hydrogens is 286 g/mol. The second kappa shape index (κ2) is 6.75. The number of hydrogen-bond acceptors (Lipinski definition) is 2. The maximum absolute atomic E-state index is 13.9. The molecule has 0 aliphatic heterocycles. The predicted molar refractivity (Wildman–Crippen MR) is 73.5 cm³/mol. The van der Waals surface area contributed by atoms with Crippen LogP contribution in [0.2, 0.25) is 0 Å². The minimum atomic E-state index is -4.48. The lowest BCUT2D eigenvalue weighted by Crippen LogP contribution is -2.26. The van der Waals surface area contributed by atoms with Crippen molar-refractivity contribution in [3.8, 4) is 0 Å². The third-order valence-corrected chi connectivity index (χ3v) is 3.63. The number of alkyl halides is 3. The highest BCUT2D eigenvalue weighted by Crippen LogP contribution is 2.33. The van der Waals surface area contributed by atoms with Crippen LogP contribution in [0.15, 0.2) is 18.2 Å². The molecule has 1 aromatic rings. The van der Waals surface area contributed by atoms with Gasteiger partial charge in [0.05, 0.1) is 11.2 Å². The van der Waals surface area contributed by atoms with Crippen LogP contribution in [-0.4, -0.2) is 19.8 Å². The van der Waals surface area contributed by atoms with Gasteiger partial charge in [-0.1, -0.05) is 0 Å². The topological polar surface area (TPSA) is 21.3 Å². The van der Waals surface area contributed by atoms with Crippen LogP contribution < -0.4 is 5.32 Å². The van der Waals surface area contributed by atoms with Crippen LogP contribution in [0.1, 0.15) is 43.9 Å². The van der Waals surface area contributed by atoms with Crippen molar-refractivity contribution in [1.29, 1.82) is 0 Å². The van der Waals surface area contributed by atoms with Crippen LogP contribution in [0.5, 0.6) is 0 Å². The Morgan fingerprint density at radius 3 is 2.33 bits per heavy atom. The lowest BCUT2D eigenvalue weighted by molar-refractivity contribution is -0.137. The molecule has 0 aromatic heterocycles. The average molecular weight is 307 g/mol. The predicted octanol–water partition coefficient (Wildman–Crippen LogP) is 4.31. The zero-order chi connectivity index (χ0) is 16.3. The van der Waals surface area contributed by atoms with Crippen molar-refractivity contribution in [3.05, 3.63) is 35.1 Å². The molecule has 0 aliphatic carbocycles. The molecule has 1 rings (SSSR count). The van der Waals surface area contributed by atoms with Crippen LogP contribution in [0, 0.1) is 5.82 Å². The van der Waals surface area contributed by atoms with Gasteiger partial charge in [-0.3, -0.25) is 0 Å². The van der Waals surface area contributed by atoms with E-state index < -0.39 is 29.2 Å². The monoisotopic (exact) mass is 307 g/mol. The van der Waals surface area contributed by atoms with E-state index >= 15 is 0 Å². The van der Waals surface area contributed by atoms with E-state index in [0.717, 1.165) is 18.2 Å². The van der Waals surface area contributed by atoms with E-state index in [0.29, 0.717) is 12.8 Å². The quantitative estimate of drug-likeness (QED) is 0.791. The number of hydrogen-bond donors (Lipinski definition) is 1. The van der Waals surface area contributed by atoms with Crippen molar-refractivity contribution in [3.63, 3.8) is 0 Å². The third-order valence-electron chi connectivity index (χ3n) is 3.63. The molecule has 1 unspecified atom stereocenters. The molecule has 1 aromatic carbocycles. The molecule has 0 amide bonds. The van der Waals surface area contributed by atoms with Crippen molar-refractivity contribution in [2.75, 3.05) is 14.2 Å². The van der Waals surface area contributed by atoms with E-state index in [1.54, 1.807) is 14.2 Å². The summed E-state index contributed by atoms with van der Waals surface area (Å²) in [4.78, 5) is 0. The summed E-state index contributed by atoms with van der Waals surface area (Å²) >= 11 is 0. The highest BCUT2D eigenvalue weighted by molar-refractivity contribution is 5.29. The summed E-state index contributed by atoms with van der Waals surface area (Å²) in [5, 5.41) is 2.87. The summed E-state index contributed by atoms with van der Waals surface area (Å²) in [6.45, 7) is 3.75. The first-order chi connectivity index (χ1) is 9.60. The van der Waals surface area contributed by atoms with Crippen molar-refractivity contribution in [2.24, 2.45) is 0 Å². The Balaban J connectivity index is 3.00. The SMILES string of the molecule is CNC(CCC(C)(C)OC)c1cc(C(F)(F)F)ccc1F. The fraction of sp³-hybridized carbons (Fsp3) is 0.600. The van der Waals surface area contributed by atoms with Gasteiger partial charge in [0.25, 0.3) is 0 Å². The molecule has 0 spiro atoms.